The number of rotatable bonds is 6. The van der Waals surface area contributed by atoms with Crippen LogP contribution in [-0.2, 0) is 25.7 Å². The Morgan fingerprint density at radius 3 is 2.78 bits per heavy atom. The molecule has 1 saturated heterocycles. The molecule has 2 amide bonds. The first-order valence-electron chi connectivity index (χ1n) is 8.21. The molecular formula is C16H18N4O6S. The lowest BCUT2D eigenvalue weighted by molar-refractivity contribution is -0.149. The number of hydrogen-bond donors (Lipinski definition) is 2. The van der Waals surface area contributed by atoms with E-state index in [0.717, 1.165) is 4.90 Å². The van der Waals surface area contributed by atoms with Crippen molar-refractivity contribution in [1.82, 2.24) is 20.0 Å². The Bertz CT molecular complexity index is 848. The number of thioether (sulfide) groups is 1. The second-order valence-corrected chi connectivity index (χ2v) is 7.06. The number of ether oxygens (including phenoxy) is 1. The summed E-state index contributed by atoms with van der Waals surface area (Å²) in [7, 11) is 0. The number of fused-ring (bicyclic) bond motifs is 1. The second kappa shape index (κ2) is 7.43. The summed E-state index contributed by atoms with van der Waals surface area (Å²) in [4.78, 5) is 48.5. The summed E-state index contributed by atoms with van der Waals surface area (Å²) in [5.74, 6) is -2.55. The Morgan fingerprint density at radius 1 is 1.44 bits per heavy atom. The first-order valence-corrected chi connectivity index (χ1v) is 9.26. The number of β-lactam (4-membered cyclic amide) rings is 1. The SMILES string of the molecule is CCn1ccc(C(=O)N[C@@H]2C(=O)N3C(C(=O)O)=C(COC(C)=O)CS[C@@H]23)n1. The molecule has 2 N–H and O–H groups in total. The summed E-state index contributed by atoms with van der Waals surface area (Å²) in [6, 6.07) is 0.715. The lowest BCUT2D eigenvalue weighted by Gasteiger charge is -2.49. The Hall–Kier alpha value is -2.82. The van der Waals surface area contributed by atoms with Crippen molar-refractivity contribution in [2.75, 3.05) is 12.4 Å². The number of aliphatic carboxylic acids is 1. The molecule has 0 saturated carbocycles. The van der Waals surface area contributed by atoms with E-state index in [-0.39, 0.29) is 23.8 Å². The van der Waals surface area contributed by atoms with Gasteiger partial charge in [-0.05, 0) is 13.0 Å². The highest BCUT2D eigenvalue weighted by Crippen LogP contribution is 2.40. The van der Waals surface area contributed by atoms with E-state index in [9.17, 15) is 24.3 Å². The second-order valence-electron chi connectivity index (χ2n) is 5.96. The van der Waals surface area contributed by atoms with Crippen molar-refractivity contribution in [3.8, 4) is 0 Å². The zero-order chi connectivity index (χ0) is 19.7. The third-order valence-corrected chi connectivity index (χ3v) is 5.52. The van der Waals surface area contributed by atoms with Crippen LogP contribution in [0.2, 0.25) is 0 Å². The van der Waals surface area contributed by atoms with Crippen molar-refractivity contribution in [3.05, 3.63) is 29.2 Å². The van der Waals surface area contributed by atoms with Crippen molar-refractivity contribution >= 4 is 35.5 Å². The van der Waals surface area contributed by atoms with Crippen LogP contribution in [0.25, 0.3) is 0 Å². The van der Waals surface area contributed by atoms with Gasteiger partial charge in [0.05, 0.1) is 0 Å². The van der Waals surface area contributed by atoms with Crippen LogP contribution in [0.15, 0.2) is 23.5 Å². The predicted molar refractivity (Wildman–Crippen MR) is 93.5 cm³/mol. The molecular weight excluding hydrogens is 376 g/mol. The first-order chi connectivity index (χ1) is 12.8. The number of esters is 1. The highest BCUT2D eigenvalue weighted by molar-refractivity contribution is 8.00. The van der Waals surface area contributed by atoms with E-state index in [2.05, 4.69) is 10.4 Å². The van der Waals surface area contributed by atoms with Crippen molar-refractivity contribution in [2.24, 2.45) is 0 Å². The van der Waals surface area contributed by atoms with E-state index in [1.54, 1.807) is 16.9 Å². The van der Waals surface area contributed by atoms with E-state index < -0.39 is 35.2 Å². The molecule has 3 heterocycles. The van der Waals surface area contributed by atoms with Gasteiger partial charge in [0, 0.05) is 31.0 Å². The van der Waals surface area contributed by atoms with Crippen LogP contribution in [0.1, 0.15) is 24.3 Å². The monoisotopic (exact) mass is 394 g/mol. The Morgan fingerprint density at radius 2 is 2.19 bits per heavy atom. The van der Waals surface area contributed by atoms with Crippen LogP contribution in [-0.4, -0.2) is 67.3 Å². The first kappa shape index (κ1) is 19.0. The van der Waals surface area contributed by atoms with Gasteiger partial charge < -0.3 is 15.2 Å². The topological polar surface area (TPSA) is 131 Å². The third-order valence-electron chi connectivity index (χ3n) is 4.18. The molecule has 0 bridgehead atoms. The number of aryl methyl sites for hydroxylation is 1. The van der Waals surface area contributed by atoms with E-state index in [1.165, 1.54) is 18.7 Å². The van der Waals surface area contributed by atoms with Gasteiger partial charge in [0.15, 0.2) is 0 Å². The van der Waals surface area contributed by atoms with E-state index in [1.807, 2.05) is 6.92 Å². The Labute approximate surface area is 158 Å². The van der Waals surface area contributed by atoms with Gasteiger partial charge in [0.1, 0.15) is 29.4 Å². The normalized spacial score (nSPS) is 21.4. The number of aromatic nitrogens is 2. The average molecular weight is 394 g/mol. The van der Waals surface area contributed by atoms with Crippen LogP contribution in [0.5, 0.6) is 0 Å². The van der Waals surface area contributed by atoms with E-state index in [0.29, 0.717) is 12.1 Å². The predicted octanol–water partition coefficient (Wildman–Crippen LogP) is -0.182. The number of nitrogens with one attached hydrogen (secondary N) is 1. The van der Waals surface area contributed by atoms with Crippen LogP contribution in [0.3, 0.4) is 0 Å². The molecule has 0 unspecified atom stereocenters. The number of hydrogen-bond acceptors (Lipinski definition) is 7. The molecule has 10 nitrogen and oxygen atoms in total. The summed E-state index contributed by atoms with van der Waals surface area (Å²) in [5, 5.41) is 15.7. The molecule has 2 atom stereocenters. The maximum absolute atomic E-state index is 12.5. The third kappa shape index (κ3) is 3.54. The van der Waals surface area contributed by atoms with Gasteiger partial charge in [-0.15, -0.1) is 11.8 Å². The number of amides is 2. The summed E-state index contributed by atoms with van der Waals surface area (Å²) < 4.78 is 6.46. The number of carbonyl (C=O) groups is 4. The molecule has 0 aliphatic carbocycles. The molecule has 11 heteroatoms. The largest absolute Gasteiger partial charge is 0.477 e. The van der Waals surface area contributed by atoms with Gasteiger partial charge in [0.2, 0.25) is 0 Å². The minimum atomic E-state index is -1.28. The summed E-state index contributed by atoms with van der Waals surface area (Å²) in [6.07, 6.45) is 1.66. The number of carbonyl (C=O) groups excluding carboxylic acids is 3. The molecule has 0 aromatic carbocycles. The number of carboxylic acids is 1. The van der Waals surface area contributed by atoms with E-state index >= 15 is 0 Å². The molecule has 2 aliphatic rings. The van der Waals surface area contributed by atoms with Crippen molar-refractivity contribution in [2.45, 2.75) is 31.8 Å². The van der Waals surface area contributed by atoms with Crippen LogP contribution >= 0.6 is 11.8 Å². The summed E-state index contributed by atoms with van der Waals surface area (Å²) >= 11 is 1.30. The highest BCUT2D eigenvalue weighted by Gasteiger charge is 2.54. The number of nitrogens with zero attached hydrogens (tertiary/aromatic N) is 3. The molecule has 0 radical (unpaired) electrons. The lowest BCUT2D eigenvalue weighted by Crippen LogP contribution is -2.70. The summed E-state index contributed by atoms with van der Waals surface area (Å²) in [6.45, 7) is 3.53. The summed E-state index contributed by atoms with van der Waals surface area (Å²) in [5.41, 5.74) is 0.345. The Kier molecular flexibility index (Phi) is 5.22. The van der Waals surface area contributed by atoms with Crippen LogP contribution < -0.4 is 5.32 Å². The molecule has 1 fully saturated rings. The van der Waals surface area contributed by atoms with Gasteiger partial charge in [-0.1, -0.05) is 0 Å². The van der Waals surface area contributed by atoms with Gasteiger partial charge in [-0.3, -0.25) is 24.0 Å². The molecule has 3 rings (SSSR count). The van der Waals surface area contributed by atoms with Gasteiger partial charge in [-0.2, -0.15) is 5.10 Å². The minimum Gasteiger partial charge on any atom is -0.477 e. The maximum atomic E-state index is 12.5. The molecule has 1 aromatic rings. The fraction of sp³-hybridized carbons (Fsp3) is 0.438. The van der Waals surface area contributed by atoms with Crippen molar-refractivity contribution in [1.29, 1.82) is 0 Å². The molecule has 2 aliphatic heterocycles. The lowest BCUT2D eigenvalue weighted by atomic mass is 10.0. The fourth-order valence-corrected chi connectivity index (χ4v) is 4.18. The molecule has 27 heavy (non-hydrogen) atoms. The molecule has 144 valence electrons. The van der Waals surface area contributed by atoms with Crippen LogP contribution in [0.4, 0.5) is 0 Å². The smallest absolute Gasteiger partial charge is 0.352 e. The van der Waals surface area contributed by atoms with Crippen molar-refractivity contribution in [3.63, 3.8) is 0 Å². The number of carboxylic acid groups (broad SMARTS) is 1. The Balaban J connectivity index is 1.74. The molecule has 0 spiro atoms. The highest BCUT2D eigenvalue weighted by atomic mass is 32.2. The maximum Gasteiger partial charge on any atom is 0.352 e. The molecule has 1 aromatic heterocycles. The van der Waals surface area contributed by atoms with Crippen LogP contribution in [0, 0.1) is 0 Å². The zero-order valence-corrected chi connectivity index (χ0v) is 15.5. The zero-order valence-electron chi connectivity index (χ0n) is 14.7. The van der Waals surface area contributed by atoms with Gasteiger partial charge in [-0.25, -0.2) is 4.79 Å². The standard InChI is InChI=1S/C16H18N4O6S/c1-3-19-5-4-10(18-19)13(22)17-11-14(23)20-12(16(24)25)9(6-26-8(2)21)7-27-15(11)20/h4-5,11,15H,3,6-7H2,1-2H3,(H,17,22)(H,24,25)/t11-,15+/m1/s1. The fourth-order valence-electron chi connectivity index (χ4n) is 2.86. The quantitative estimate of drug-likeness (QED) is 0.502. The van der Waals surface area contributed by atoms with E-state index in [4.69, 9.17) is 4.74 Å². The minimum absolute atomic E-state index is 0.188. The van der Waals surface area contributed by atoms with Gasteiger partial charge >= 0.3 is 11.9 Å². The van der Waals surface area contributed by atoms with Gasteiger partial charge in [0.25, 0.3) is 11.8 Å². The average Bonchev–Trinajstić information content (AvgIpc) is 3.12. The van der Waals surface area contributed by atoms with Crippen molar-refractivity contribution < 1.29 is 29.0 Å².